The van der Waals surface area contributed by atoms with Crippen molar-refractivity contribution < 1.29 is 14.3 Å². The van der Waals surface area contributed by atoms with E-state index in [2.05, 4.69) is 5.32 Å². The summed E-state index contributed by atoms with van der Waals surface area (Å²) in [5, 5.41) is 3.07. The summed E-state index contributed by atoms with van der Waals surface area (Å²) in [5.74, 6) is 0. The van der Waals surface area contributed by atoms with Crippen LogP contribution >= 0.6 is 0 Å². The smallest absolute Gasteiger partial charge is 0.318 e. The van der Waals surface area contributed by atoms with E-state index < -0.39 is 0 Å². The van der Waals surface area contributed by atoms with Crippen LogP contribution in [0.15, 0.2) is 0 Å². The topological polar surface area (TPSA) is 50.8 Å². The summed E-state index contributed by atoms with van der Waals surface area (Å²) in [6.45, 7) is 5.50. The van der Waals surface area contributed by atoms with Crippen LogP contribution in [0.2, 0.25) is 0 Å². The van der Waals surface area contributed by atoms with E-state index in [1.807, 2.05) is 11.8 Å². The lowest BCUT2D eigenvalue weighted by molar-refractivity contribution is 0.0164. The van der Waals surface area contributed by atoms with Crippen molar-refractivity contribution in [2.45, 2.75) is 31.8 Å². The Labute approximate surface area is 96.1 Å². The summed E-state index contributed by atoms with van der Waals surface area (Å²) >= 11 is 0. The highest BCUT2D eigenvalue weighted by Crippen LogP contribution is 2.10. The molecular formula is C11H20N2O3. The maximum atomic E-state index is 12.0. The zero-order valence-electron chi connectivity index (χ0n) is 9.78. The number of rotatable bonds is 1. The van der Waals surface area contributed by atoms with Gasteiger partial charge in [-0.15, -0.1) is 0 Å². The third kappa shape index (κ3) is 2.86. The molecule has 2 heterocycles. The first-order valence-electron chi connectivity index (χ1n) is 6.00. The fourth-order valence-electron chi connectivity index (χ4n) is 2.13. The van der Waals surface area contributed by atoms with E-state index in [0.29, 0.717) is 19.8 Å². The highest BCUT2D eigenvalue weighted by molar-refractivity contribution is 5.75. The van der Waals surface area contributed by atoms with Crippen molar-refractivity contribution in [2.75, 3.05) is 33.0 Å². The van der Waals surface area contributed by atoms with Crippen LogP contribution in [0.1, 0.15) is 19.8 Å². The van der Waals surface area contributed by atoms with Crippen LogP contribution < -0.4 is 5.32 Å². The number of hydrogen-bond donors (Lipinski definition) is 1. The van der Waals surface area contributed by atoms with Crippen LogP contribution in [-0.4, -0.2) is 56.0 Å². The van der Waals surface area contributed by atoms with E-state index >= 15 is 0 Å². The van der Waals surface area contributed by atoms with Crippen molar-refractivity contribution in [3.8, 4) is 0 Å². The third-order valence-electron chi connectivity index (χ3n) is 3.18. The Balaban J connectivity index is 1.81. The van der Waals surface area contributed by atoms with E-state index in [1.54, 1.807) is 0 Å². The van der Waals surface area contributed by atoms with Gasteiger partial charge in [-0.25, -0.2) is 4.79 Å². The van der Waals surface area contributed by atoms with Crippen LogP contribution in [0.5, 0.6) is 0 Å². The maximum absolute atomic E-state index is 12.0. The minimum atomic E-state index is 0.0442. The van der Waals surface area contributed by atoms with Crippen molar-refractivity contribution in [2.24, 2.45) is 0 Å². The first kappa shape index (κ1) is 11.7. The Kier molecular flexibility index (Phi) is 4.01. The molecule has 5 nitrogen and oxygen atoms in total. The lowest BCUT2D eigenvalue weighted by Gasteiger charge is -2.35. The molecule has 2 fully saturated rings. The minimum Gasteiger partial charge on any atom is -0.381 e. The van der Waals surface area contributed by atoms with E-state index in [4.69, 9.17) is 9.47 Å². The van der Waals surface area contributed by atoms with Gasteiger partial charge in [0, 0.05) is 25.8 Å². The first-order valence-corrected chi connectivity index (χ1v) is 6.00. The summed E-state index contributed by atoms with van der Waals surface area (Å²) in [5.41, 5.74) is 0. The average molecular weight is 228 g/mol. The molecule has 0 bridgehead atoms. The van der Waals surface area contributed by atoms with Crippen LogP contribution in [0.4, 0.5) is 4.79 Å². The van der Waals surface area contributed by atoms with Gasteiger partial charge in [0.1, 0.15) is 0 Å². The predicted octanol–water partition coefficient (Wildman–Crippen LogP) is 0.596. The van der Waals surface area contributed by atoms with E-state index in [-0.39, 0.29) is 18.1 Å². The zero-order valence-corrected chi connectivity index (χ0v) is 9.78. The van der Waals surface area contributed by atoms with Gasteiger partial charge in [-0.3, -0.25) is 0 Å². The molecule has 2 saturated heterocycles. The number of morpholine rings is 1. The van der Waals surface area contributed by atoms with Gasteiger partial charge in [0.2, 0.25) is 0 Å². The molecule has 0 radical (unpaired) electrons. The second-order valence-corrected chi connectivity index (χ2v) is 4.45. The fraction of sp³-hybridized carbons (Fsp3) is 0.909. The molecule has 1 N–H and O–H groups in total. The lowest BCUT2D eigenvalue weighted by Crippen LogP contribution is -2.54. The Bertz CT molecular complexity index is 241. The van der Waals surface area contributed by atoms with Crippen molar-refractivity contribution in [1.82, 2.24) is 10.2 Å². The van der Waals surface area contributed by atoms with Gasteiger partial charge >= 0.3 is 6.03 Å². The number of ether oxygens (including phenoxy) is 2. The molecule has 2 rings (SSSR count). The molecule has 2 aliphatic heterocycles. The van der Waals surface area contributed by atoms with E-state index in [0.717, 1.165) is 26.1 Å². The number of nitrogens with zero attached hydrogens (tertiary/aromatic N) is 1. The normalized spacial score (nSPS) is 27.8. The summed E-state index contributed by atoms with van der Waals surface area (Å²) in [7, 11) is 0. The van der Waals surface area contributed by atoms with Crippen LogP contribution in [0.3, 0.4) is 0 Å². The van der Waals surface area contributed by atoms with Gasteiger partial charge in [0.15, 0.2) is 0 Å². The standard InChI is InChI=1S/C11H20N2O3/c1-9-8-16-7-4-13(9)11(14)12-10-2-5-15-6-3-10/h9-10H,2-8H2,1H3,(H,12,14). The van der Waals surface area contributed by atoms with Crippen LogP contribution in [-0.2, 0) is 9.47 Å². The molecule has 2 aliphatic rings. The molecule has 16 heavy (non-hydrogen) atoms. The minimum absolute atomic E-state index is 0.0442. The molecule has 0 aliphatic carbocycles. The van der Waals surface area contributed by atoms with Crippen LogP contribution in [0.25, 0.3) is 0 Å². The molecule has 1 atom stereocenters. The first-order chi connectivity index (χ1) is 7.77. The van der Waals surface area contributed by atoms with Gasteiger partial charge in [-0.1, -0.05) is 0 Å². The molecule has 92 valence electrons. The predicted molar refractivity (Wildman–Crippen MR) is 59.4 cm³/mol. The van der Waals surface area contributed by atoms with Crippen molar-refractivity contribution in [1.29, 1.82) is 0 Å². The average Bonchev–Trinajstić information content (AvgIpc) is 2.31. The van der Waals surface area contributed by atoms with Gasteiger partial charge in [0.05, 0.1) is 19.3 Å². The highest BCUT2D eigenvalue weighted by Gasteiger charge is 2.25. The Morgan fingerprint density at radius 3 is 2.69 bits per heavy atom. The van der Waals surface area contributed by atoms with Gasteiger partial charge in [-0.2, -0.15) is 0 Å². The molecular weight excluding hydrogens is 208 g/mol. The summed E-state index contributed by atoms with van der Waals surface area (Å²) in [6.07, 6.45) is 1.84. The van der Waals surface area contributed by atoms with Crippen molar-refractivity contribution in [3.63, 3.8) is 0 Å². The molecule has 0 spiro atoms. The summed E-state index contributed by atoms with van der Waals surface area (Å²) in [4.78, 5) is 13.9. The van der Waals surface area contributed by atoms with Crippen molar-refractivity contribution in [3.05, 3.63) is 0 Å². The second kappa shape index (κ2) is 5.50. The fourth-order valence-corrected chi connectivity index (χ4v) is 2.13. The molecule has 2 amide bonds. The number of carbonyl (C=O) groups excluding carboxylic acids is 1. The number of carbonyl (C=O) groups is 1. The Hall–Kier alpha value is -0.810. The number of nitrogens with one attached hydrogen (secondary N) is 1. The highest BCUT2D eigenvalue weighted by atomic mass is 16.5. The number of amides is 2. The molecule has 5 heteroatoms. The zero-order chi connectivity index (χ0) is 11.4. The van der Waals surface area contributed by atoms with Gasteiger partial charge in [0.25, 0.3) is 0 Å². The third-order valence-corrected chi connectivity index (χ3v) is 3.18. The number of hydrogen-bond acceptors (Lipinski definition) is 3. The second-order valence-electron chi connectivity index (χ2n) is 4.45. The van der Waals surface area contributed by atoms with Crippen molar-refractivity contribution >= 4 is 6.03 Å². The molecule has 0 saturated carbocycles. The van der Waals surface area contributed by atoms with E-state index in [9.17, 15) is 4.79 Å². The van der Waals surface area contributed by atoms with Crippen LogP contribution in [0, 0.1) is 0 Å². The monoisotopic (exact) mass is 228 g/mol. The Morgan fingerprint density at radius 2 is 2.00 bits per heavy atom. The van der Waals surface area contributed by atoms with E-state index in [1.165, 1.54) is 0 Å². The largest absolute Gasteiger partial charge is 0.381 e. The lowest BCUT2D eigenvalue weighted by atomic mass is 10.1. The van der Waals surface area contributed by atoms with Gasteiger partial charge < -0.3 is 19.7 Å². The Morgan fingerprint density at radius 1 is 1.25 bits per heavy atom. The summed E-state index contributed by atoms with van der Waals surface area (Å²) in [6, 6.07) is 0.493. The molecule has 0 aromatic rings. The summed E-state index contributed by atoms with van der Waals surface area (Å²) < 4.78 is 10.6. The maximum Gasteiger partial charge on any atom is 0.318 e. The van der Waals surface area contributed by atoms with Gasteiger partial charge in [-0.05, 0) is 19.8 Å². The molecule has 0 aromatic heterocycles. The molecule has 1 unspecified atom stereocenters. The quantitative estimate of drug-likeness (QED) is 0.715. The molecule has 0 aromatic carbocycles. The number of urea groups is 1. The SMILES string of the molecule is CC1COCCN1C(=O)NC1CCOCC1.